The lowest BCUT2D eigenvalue weighted by Gasteiger charge is -2.38. The zero-order chi connectivity index (χ0) is 26.1. The van der Waals surface area contributed by atoms with E-state index in [9.17, 15) is 14.0 Å². The number of benzene rings is 3. The molecule has 1 aliphatic heterocycles. The maximum Gasteiger partial charge on any atom is 0.251 e. The van der Waals surface area contributed by atoms with Crippen LogP contribution in [0, 0.1) is 5.82 Å². The first kappa shape index (κ1) is 24.4. The zero-order valence-corrected chi connectivity index (χ0v) is 20.6. The third-order valence-corrected chi connectivity index (χ3v) is 6.66. The number of halogens is 1. The number of para-hydroxylation sites is 1. The molecule has 0 unspecified atom stereocenters. The minimum atomic E-state index is -0.948. The second-order valence-corrected chi connectivity index (χ2v) is 9.09. The number of nitrogens with zero attached hydrogens (tertiary/aromatic N) is 3. The normalized spacial score (nSPS) is 17.8. The van der Waals surface area contributed by atoms with E-state index in [1.165, 1.54) is 12.1 Å². The molecule has 0 radical (unpaired) electrons. The number of carbonyl (C=O) groups is 2. The SMILES string of the molecule is CCN1C(=O)[C@@H](NC(=O)c2ccccc2)[C@@H](c2ccc(F)cc2)c2c([C@H](C)N)nn(-c3ccccc3)c21. The Bertz CT molecular complexity index is 1420. The van der Waals surface area contributed by atoms with E-state index in [-0.39, 0.29) is 11.8 Å². The van der Waals surface area contributed by atoms with Crippen molar-refractivity contribution in [3.63, 3.8) is 0 Å². The van der Waals surface area contributed by atoms with Crippen LogP contribution in [-0.4, -0.2) is 34.2 Å². The van der Waals surface area contributed by atoms with Gasteiger partial charge in [0.25, 0.3) is 11.8 Å². The zero-order valence-electron chi connectivity index (χ0n) is 20.6. The summed E-state index contributed by atoms with van der Waals surface area (Å²) in [4.78, 5) is 29.0. The van der Waals surface area contributed by atoms with Gasteiger partial charge in [0.2, 0.25) is 0 Å². The van der Waals surface area contributed by atoms with Crippen LogP contribution < -0.4 is 16.0 Å². The summed E-state index contributed by atoms with van der Waals surface area (Å²) in [5.41, 5.74) is 9.68. The van der Waals surface area contributed by atoms with E-state index in [1.807, 2.05) is 50.2 Å². The smallest absolute Gasteiger partial charge is 0.251 e. The van der Waals surface area contributed by atoms with Crippen LogP contribution in [0.15, 0.2) is 84.9 Å². The molecule has 2 amide bonds. The Balaban J connectivity index is 1.74. The maximum atomic E-state index is 14.1. The van der Waals surface area contributed by atoms with Gasteiger partial charge in [0.05, 0.1) is 11.4 Å². The molecule has 188 valence electrons. The molecule has 5 rings (SSSR count). The van der Waals surface area contributed by atoms with Crippen LogP contribution in [0.25, 0.3) is 5.69 Å². The summed E-state index contributed by atoms with van der Waals surface area (Å²) in [6, 6.07) is 22.9. The summed E-state index contributed by atoms with van der Waals surface area (Å²) in [5, 5.41) is 7.84. The van der Waals surface area contributed by atoms with Crippen molar-refractivity contribution in [1.82, 2.24) is 15.1 Å². The van der Waals surface area contributed by atoms with Gasteiger partial charge in [-0.25, -0.2) is 9.07 Å². The Morgan fingerprint density at radius 3 is 2.24 bits per heavy atom. The molecule has 0 aliphatic carbocycles. The van der Waals surface area contributed by atoms with Crippen LogP contribution in [0.5, 0.6) is 0 Å². The number of anilines is 1. The van der Waals surface area contributed by atoms with Gasteiger partial charge < -0.3 is 11.1 Å². The number of fused-ring (bicyclic) bond motifs is 1. The third-order valence-electron chi connectivity index (χ3n) is 6.66. The van der Waals surface area contributed by atoms with E-state index in [0.717, 1.165) is 11.3 Å². The van der Waals surface area contributed by atoms with Gasteiger partial charge in [-0.1, -0.05) is 48.5 Å². The van der Waals surface area contributed by atoms with E-state index in [2.05, 4.69) is 5.32 Å². The lowest BCUT2D eigenvalue weighted by molar-refractivity contribution is -0.121. The van der Waals surface area contributed by atoms with Crippen LogP contribution in [0.3, 0.4) is 0 Å². The molecule has 8 heteroatoms. The highest BCUT2D eigenvalue weighted by Crippen LogP contribution is 2.44. The fraction of sp³-hybridized carbons (Fsp3) is 0.207. The lowest BCUT2D eigenvalue weighted by atomic mass is 9.80. The van der Waals surface area contributed by atoms with Crippen LogP contribution in [0.2, 0.25) is 0 Å². The van der Waals surface area contributed by atoms with Crippen molar-refractivity contribution >= 4 is 17.6 Å². The van der Waals surface area contributed by atoms with E-state index in [1.54, 1.807) is 46.0 Å². The van der Waals surface area contributed by atoms with E-state index in [4.69, 9.17) is 10.8 Å². The van der Waals surface area contributed by atoms with E-state index < -0.39 is 23.8 Å². The second kappa shape index (κ2) is 9.99. The second-order valence-electron chi connectivity index (χ2n) is 9.09. The molecule has 3 aromatic carbocycles. The number of likely N-dealkylation sites (N-methyl/N-ethyl adjacent to an activating group) is 1. The Labute approximate surface area is 214 Å². The van der Waals surface area contributed by atoms with Crippen LogP contribution in [0.4, 0.5) is 10.2 Å². The predicted octanol–water partition coefficient (Wildman–Crippen LogP) is 4.33. The minimum Gasteiger partial charge on any atom is -0.339 e. The molecule has 37 heavy (non-hydrogen) atoms. The Morgan fingerprint density at radius 1 is 1.03 bits per heavy atom. The topological polar surface area (TPSA) is 93.2 Å². The lowest BCUT2D eigenvalue weighted by Crippen LogP contribution is -2.55. The molecular formula is C29H28FN5O2. The first-order valence-electron chi connectivity index (χ1n) is 12.3. The molecule has 7 nitrogen and oxygen atoms in total. The van der Waals surface area contributed by atoms with Crippen molar-refractivity contribution in [1.29, 1.82) is 0 Å². The van der Waals surface area contributed by atoms with Crippen LogP contribution >= 0.6 is 0 Å². The quantitative estimate of drug-likeness (QED) is 0.415. The van der Waals surface area contributed by atoms with Crippen molar-refractivity contribution < 1.29 is 14.0 Å². The standard InChI is InChI=1S/C29H28FN5O2/c1-3-34-28-24(25(18(2)31)33-35(28)22-12-8-5-9-13-22)23(19-14-16-21(30)17-15-19)26(29(34)37)32-27(36)20-10-6-4-7-11-20/h4-18,23,26H,3,31H2,1-2H3,(H,32,36)/t18-,23-,26-/m0/s1. The highest BCUT2D eigenvalue weighted by Gasteiger charge is 2.46. The van der Waals surface area contributed by atoms with Crippen LogP contribution in [0.1, 0.15) is 53.0 Å². The largest absolute Gasteiger partial charge is 0.339 e. The third kappa shape index (κ3) is 4.40. The summed E-state index contributed by atoms with van der Waals surface area (Å²) in [5.74, 6) is -1.06. The molecule has 0 bridgehead atoms. The molecule has 3 atom stereocenters. The van der Waals surface area contributed by atoms with Gasteiger partial charge in [0, 0.05) is 29.6 Å². The number of nitrogens with two attached hydrogens (primary N) is 1. The minimum absolute atomic E-state index is 0.276. The molecule has 0 fully saturated rings. The van der Waals surface area contributed by atoms with Crippen LogP contribution in [-0.2, 0) is 4.79 Å². The monoisotopic (exact) mass is 497 g/mol. The highest BCUT2D eigenvalue weighted by atomic mass is 19.1. The van der Waals surface area contributed by atoms with Gasteiger partial charge in [-0.05, 0) is 55.8 Å². The van der Waals surface area contributed by atoms with Gasteiger partial charge in [0.15, 0.2) is 0 Å². The van der Waals surface area contributed by atoms with Gasteiger partial charge >= 0.3 is 0 Å². The Morgan fingerprint density at radius 2 is 1.65 bits per heavy atom. The predicted molar refractivity (Wildman–Crippen MR) is 140 cm³/mol. The summed E-state index contributed by atoms with van der Waals surface area (Å²) in [7, 11) is 0. The summed E-state index contributed by atoms with van der Waals surface area (Å²) in [6.45, 7) is 4.07. The maximum absolute atomic E-state index is 14.1. The number of rotatable bonds is 6. The average Bonchev–Trinajstić information content (AvgIpc) is 3.31. The van der Waals surface area contributed by atoms with Crippen molar-refractivity contribution in [3.8, 4) is 5.69 Å². The number of aromatic nitrogens is 2. The number of carbonyl (C=O) groups excluding carboxylic acids is 2. The molecular weight excluding hydrogens is 469 g/mol. The summed E-state index contributed by atoms with van der Waals surface area (Å²) in [6.07, 6.45) is 0. The fourth-order valence-corrected chi connectivity index (χ4v) is 4.96. The number of nitrogens with one attached hydrogen (secondary N) is 1. The molecule has 4 aromatic rings. The molecule has 0 saturated heterocycles. The first-order valence-corrected chi connectivity index (χ1v) is 12.3. The van der Waals surface area contributed by atoms with E-state index >= 15 is 0 Å². The Hall–Kier alpha value is -4.30. The fourth-order valence-electron chi connectivity index (χ4n) is 4.96. The number of hydrogen-bond acceptors (Lipinski definition) is 4. The average molecular weight is 498 g/mol. The van der Waals surface area contributed by atoms with Gasteiger partial charge in [-0.15, -0.1) is 0 Å². The molecule has 2 heterocycles. The van der Waals surface area contributed by atoms with Crippen molar-refractivity contribution in [2.24, 2.45) is 5.73 Å². The number of amides is 2. The molecule has 3 N–H and O–H groups in total. The first-order chi connectivity index (χ1) is 17.9. The summed E-state index contributed by atoms with van der Waals surface area (Å²) < 4.78 is 15.7. The van der Waals surface area contributed by atoms with Crippen molar-refractivity contribution in [3.05, 3.63) is 113 Å². The number of hydrogen-bond donors (Lipinski definition) is 2. The highest BCUT2D eigenvalue weighted by molar-refractivity contribution is 6.05. The Kier molecular flexibility index (Phi) is 6.58. The van der Waals surface area contributed by atoms with Crippen molar-refractivity contribution in [2.45, 2.75) is 31.8 Å². The summed E-state index contributed by atoms with van der Waals surface area (Å²) >= 11 is 0. The van der Waals surface area contributed by atoms with Crippen molar-refractivity contribution in [2.75, 3.05) is 11.4 Å². The molecule has 0 spiro atoms. The van der Waals surface area contributed by atoms with Gasteiger partial charge in [0.1, 0.15) is 17.7 Å². The van der Waals surface area contributed by atoms with Gasteiger partial charge in [-0.2, -0.15) is 5.10 Å². The van der Waals surface area contributed by atoms with E-state index in [0.29, 0.717) is 29.2 Å². The molecule has 0 saturated carbocycles. The molecule has 1 aliphatic rings. The molecule has 1 aromatic heterocycles. The van der Waals surface area contributed by atoms with Gasteiger partial charge in [-0.3, -0.25) is 14.5 Å².